The Morgan fingerprint density at radius 3 is 2.50 bits per heavy atom. The van der Waals surface area contributed by atoms with E-state index in [1.807, 2.05) is 26.0 Å². The van der Waals surface area contributed by atoms with E-state index in [0.717, 1.165) is 17.3 Å². The molecule has 3 N–H and O–H groups in total. The number of benzene rings is 1. The van der Waals surface area contributed by atoms with Crippen LogP contribution >= 0.6 is 28.3 Å². The monoisotopic (exact) mass is 360 g/mol. The molecular weight excluding hydrogens is 340 g/mol. The van der Waals surface area contributed by atoms with Gasteiger partial charge >= 0.3 is 0 Å². The molecule has 2 rings (SSSR count). The number of nitrogens with two attached hydrogens (primary N) is 1. The van der Waals surface area contributed by atoms with Crippen molar-refractivity contribution in [2.45, 2.75) is 38.1 Å². The van der Waals surface area contributed by atoms with Crippen LogP contribution in [0.2, 0.25) is 0 Å². The second kappa shape index (κ2) is 6.92. The Bertz CT molecular complexity index is 475. The van der Waals surface area contributed by atoms with Gasteiger partial charge in [-0.15, -0.1) is 12.4 Å². The summed E-state index contributed by atoms with van der Waals surface area (Å²) in [7, 11) is 0. The Morgan fingerprint density at radius 2 is 2.00 bits per heavy atom. The van der Waals surface area contributed by atoms with Crippen molar-refractivity contribution in [2.24, 2.45) is 11.7 Å². The summed E-state index contributed by atoms with van der Waals surface area (Å²) in [6.45, 7) is 4.44. The molecule has 1 aliphatic rings. The molecule has 112 valence electrons. The van der Waals surface area contributed by atoms with Crippen LogP contribution in [0.4, 0.5) is 0 Å². The zero-order valence-corrected chi connectivity index (χ0v) is 14.3. The predicted octanol–water partition coefficient (Wildman–Crippen LogP) is 3.00. The highest BCUT2D eigenvalue weighted by molar-refractivity contribution is 9.10. The van der Waals surface area contributed by atoms with Gasteiger partial charge < -0.3 is 11.1 Å². The summed E-state index contributed by atoms with van der Waals surface area (Å²) in [5.41, 5.74) is 7.17. The van der Waals surface area contributed by atoms with E-state index in [4.69, 9.17) is 5.73 Å². The highest BCUT2D eigenvalue weighted by Gasteiger charge is 2.45. The van der Waals surface area contributed by atoms with Crippen LogP contribution in [0.3, 0.4) is 0 Å². The van der Waals surface area contributed by atoms with E-state index in [0.29, 0.717) is 6.54 Å². The van der Waals surface area contributed by atoms with Gasteiger partial charge in [-0.25, -0.2) is 0 Å². The fourth-order valence-corrected chi connectivity index (χ4v) is 2.94. The van der Waals surface area contributed by atoms with Crippen LogP contribution in [0.25, 0.3) is 0 Å². The summed E-state index contributed by atoms with van der Waals surface area (Å²) < 4.78 is 1.13. The van der Waals surface area contributed by atoms with Gasteiger partial charge in [-0.1, -0.05) is 41.1 Å². The molecule has 0 aliphatic heterocycles. The fraction of sp³-hybridized carbons (Fsp3) is 0.533. The molecule has 1 saturated carbocycles. The molecule has 5 heteroatoms. The molecule has 2 unspecified atom stereocenters. The zero-order chi connectivity index (χ0) is 14.0. The van der Waals surface area contributed by atoms with Crippen molar-refractivity contribution in [1.29, 1.82) is 0 Å². The Balaban J connectivity index is 0.00000200. The number of hydrogen-bond acceptors (Lipinski definition) is 2. The molecule has 0 aromatic heterocycles. The first kappa shape index (κ1) is 17.5. The smallest absolute Gasteiger partial charge is 0.224 e. The first-order chi connectivity index (χ1) is 8.96. The Labute approximate surface area is 135 Å². The van der Waals surface area contributed by atoms with Crippen molar-refractivity contribution in [2.75, 3.05) is 6.54 Å². The van der Waals surface area contributed by atoms with Gasteiger partial charge in [0.25, 0.3) is 0 Å². The van der Waals surface area contributed by atoms with E-state index in [1.165, 1.54) is 5.56 Å². The Hall–Kier alpha value is -0.580. The highest BCUT2D eigenvalue weighted by atomic mass is 79.9. The van der Waals surface area contributed by atoms with E-state index in [2.05, 4.69) is 33.4 Å². The minimum absolute atomic E-state index is 0. The lowest BCUT2D eigenvalue weighted by Gasteiger charge is -2.21. The third kappa shape index (κ3) is 3.74. The molecule has 0 heterocycles. The van der Waals surface area contributed by atoms with Crippen molar-refractivity contribution >= 4 is 34.2 Å². The highest BCUT2D eigenvalue weighted by Crippen LogP contribution is 2.49. The average Bonchev–Trinajstić information content (AvgIpc) is 3.16. The molecule has 1 aromatic rings. The second-order valence-electron chi connectivity index (χ2n) is 5.63. The third-order valence-corrected chi connectivity index (χ3v) is 4.79. The molecule has 1 fully saturated rings. The van der Waals surface area contributed by atoms with Crippen LogP contribution in [0.1, 0.15) is 32.3 Å². The molecule has 20 heavy (non-hydrogen) atoms. The zero-order valence-electron chi connectivity index (χ0n) is 11.9. The van der Waals surface area contributed by atoms with Crippen LogP contribution in [-0.2, 0) is 10.2 Å². The largest absolute Gasteiger partial charge is 0.355 e. The quantitative estimate of drug-likeness (QED) is 0.847. The minimum atomic E-state index is -0.144. The van der Waals surface area contributed by atoms with E-state index in [-0.39, 0.29) is 35.7 Å². The maximum atomic E-state index is 12.0. The van der Waals surface area contributed by atoms with Gasteiger partial charge in [0, 0.05) is 28.4 Å². The second-order valence-corrected chi connectivity index (χ2v) is 6.48. The summed E-state index contributed by atoms with van der Waals surface area (Å²) in [6, 6.07) is 8.14. The van der Waals surface area contributed by atoms with E-state index in [1.54, 1.807) is 0 Å². The summed E-state index contributed by atoms with van der Waals surface area (Å²) in [5.74, 6) is -0.0941. The molecule has 0 spiro atoms. The molecule has 0 saturated heterocycles. The molecule has 0 radical (unpaired) electrons. The standard InChI is InChI=1S/C15H21BrN2O.ClH/c1-10(11(2)17)14(19)18-9-15(7-8-15)12-5-3-4-6-13(12)16;/h3-6,10-11H,7-9,17H2,1-2H3,(H,18,19);1H. The van der Waals surface area contributed by atoms with Gasteiger partial charge in [-0.05, 0) is 31.4 Å². The number of hydrogen-bond donors (Lipinski definition) is 2. The van der Waals surface area contributed by atoms with Gasteiger partial charge in [0.2, 0.25) is 5.91 Å². The number of carbonyl (C=O) groups is 1. The average molecular weight is 362 g/mol. The lowest BCUT2D eigenvalue weighted by atomic mass is 9.95. The van der Waals surface area contributed by atoms with Crippen LogP contribution in [-0.4, -0.2) is 18.5 Å². The van der Waals surface area contributed by atoms with E-state index < -0.39 is 0 Å². The van der Waals surface area contributed by atoms with Crippen molar-refractivity contribution in [3.8, 4) is 0 Å². The van der Waals surface area contributed by atoms with Crippen molar-refractivity contribution in [1.82, 2.24) is 5.32 Å². The van der Waals surface area contributed by atoms with Crippen molar-refractivity contribution in [3.05, 3.63) is 34.3 Å². The van der Waals surface area contributed by atoms with Gasteiger partial charge in [-0.3, -0.25) is 4.79 Å². The number of nitrogens with one attached hydrogen (secondary N) is 1. The summed E-state index contributed by atoms with van der Waals surface area (Å²) in [6.07, 6.45) is 2.25. The molecule has 1 amide bonds. The normalized spacial score (nSPS) is 18.6. The lowest BCUT2D eigenvalue weighted by molar-refractivity contribution is -0.125. The van der Waals surface area contributed by atoms with Gasteiger partial charge in [0.05, 0.1) is 0 Å². The number of carbonyl (C=O) groups excluding carboxylic acids is 1. The topological polar surface area (TPSA) is 55.1 Å². The van der Waals surface area contributed by atoms with Crippen LogP contribution < -0.4 is 11.1 Å². The fourth-order valence-electron chi connectivity index (χ4n) is 2.24. The molecule has 1 aromatic carbocycles. The number of rotatable bonds is 5. The van der Waals surface area contributed by atoms with Crippen molar-refractivity contribution < 1.29 is 4.79 Å². The van der Waals surface area contributed by atoms with E-state index in [9.17, 15) is 4.79 Å². The minimum Gasteiger partial charge on any atom is -0.355 e. The third-order valence-electron chi connectivity index (χ3n) is 4.10. The molecule has 0 bridgehead atoms. The van der Waals surface area contributed by atoms with Gasteiger partial charge in [-0.2, -0.15) is 0 Å². The number of amides is 1. The first-order valence-corrected chi connectivity index (χ1v) is 7.54. The lowest BCUT2D eigenvalue weighted by Crippen LogP contribution is -2.41. The summed E-state index contributed by atoms with van der Waals surface area (Å²) >= 11 is 3.60. The molecular formula is C15H22BrClN2O. The van der Waals surface area contributed by atoms with Gasteiger partial charge in [0.1, 0.15) is 0 Å². The Kier molecular flexibility index (Phi) is 6.05. The van der Waals surface area contributed by atoms with Gasteiger partial charge in [0.15, 0.2) is 0 Å². The first-order valence-electron chi connectivity index (χ1n) is 6.74. The maximum absolute atomic E-state index is 12.0. The number of halogens is 2. The molecule has 2 atom stereocenters. The van der Waals surface area contributed by atoms with Crippen LogP contribution in [0.5, 0.6) is 0 Å². The maximum Gasteiger partial charge on any atom is 0.224 e. The van der Waals surface area contributed by atoms with Crippen LogP contribution in [0, 0.1) is 5.92 Å². The van der Waals surface area contributed by atoms with Crippen LogP contribution in [0.15, 0.2) is 28.7 Å². The predicted molar refractivity (Wildman–Crippen MR) is 88.1 cm³/mol. The molecule has 3 nitrogen and oxygen atoms in total. The SMILES string of the molecule is CC(N)C(C)C(=O)NCC1(c2ccccc2Br)CC1.Cl. The van der Waals surface area contributed by atoms with Crippen molar-refractivity contribution in [3.63, 3.8) is 0 Å². The summed E-state index contributed by atoms with van der Waals surface area (Å²) in [4.78, 5) is 12.0. The van der Waals surface area contributed by atoms with E-state index >= 15 is 0 Å². The molecule has 1 aliphatic carbocycles. The summed E-state index contributed by atoms with van der Waals surface area (Å²) in [5, 5.41) is 3.05. The Morgan fingerprint density at radius 1 is 1.40 bits per heavy atom.